The maximum Gasteiger partial charge on any atom is 0.269 e. The number of nitrogens with zero attached hydrogens (tertiary/aromatic N) is 2. The molecule has 1 aromatic rings. The van der Waals surface area contributed by atoms with Crippen molar-refractivity contribution in [3.8, 4) is 0 Å². The minimum absolute atomic E-state index is 0.0974. The Labute approximate surface area is 72.0 Å². The number of aromatic nitrogens is 2. The normalized spacial score (nSPS) is 13.4. The van der Waals surface area contributed by atoms with Crippen molar-refractivity contribution in [2.75, 3.05) is 0 Å². The Bertz CT molecular complexity index is 254. The first kappa shape index (κ1) is 9.28. The lowest BCUT2D eigenvalue weighted by molar-refractivity contribution is -0.00841. The largest absolute Gasteiger partial charge is 0.381 e. The molecule has 0 aliphatic heterocycles. The van der Waals surface area contributed by atoms with E-state index in [0.29, 0.717) is 0 Å². The molecule has 0 bridgehead atoms. The van der Waals surface area contributed by atoms with Gasteiger partial charge in [0, 0.05) is 0 Å². The molecule has 1 aromatic heterocycles. The number of aliphatic hydroxyl groups is 1. The van der Waals surface area contributed by atoms with Gasteiger partial charge in [0.05, 0.1) is 18.1 Å². The number of aliphatic hydroxyl groups excluding tert-OH is 1. The SMILES string of the molecule is OC(c1cnc(Cl)cn1)C(F)F. The van der Waals surface area contributed by atoms with E-state index in [1.807, 2.05) is 0 Å². The van der Waals surface area contributed by atoms with Gasteiger partial charge in [-0.15, -0.1) is 0 Å². The van der Waals surface area contributed by atoms with Gasteiger partial charge in [0.2, 0.25) is 0 Å². The van der Waals surface area contributed by atoms with Crippen LogP contribution in [0.4, 0.5) is 8.78 Å². The van der Waals surface area contributed by atoms with Gasteiger partial charge in [0.25, 0.3) is 6.43 Å². The lowest BCUT2D eigenvalue weighted by Crippen LogP contribution is -2.09. The summed E-state index contributed by atoms with van der Waals surface area (Å²) in [6, 6.07) is 0. The summed E-state index contributed by atoms with van der Waals surface area (Å²) < 4.78 is 23.7. The van der Waals surface area contributed by atoms with Gasteiger partial charge in [0.15, 0.2) is 6.10 Å². The van der Waals surface area contributed by atoms with Crippen molar-refractivity contribution in [3.63, 3.8) is 0 Å². The Morgan fingerprint density at radius 1 is 1.33 bits per heavy atom. The summed E-state index contributed by atoms with van der Waals surface area (Å²) in [6.07, 6.45) is -2.64. The zero-order valence-corrected chi connectivity index (χ0v) is 6.54. The Balaban J connectivity index is 2.82. The van der Waals surface area contributed by atoms with Crippen LogP contribution in [0, 0.1) is 0 Å². The van der Waals surface area contributed by atoms with E-state index in [-0.39, 0.29) is 10.8 Å². The van der Waals surface area contributed by atoms with Crippen LogP contribution in [0.2, 0.25) is 5.15 Å². The van der Waals surface area contributed by atoms with E-state index in [2.05, 4.69) is 9.97 Å². The van der Waals surface area contributed by atoms with Gasteiger partial charge >= 0.3 is 0 Å². The Kier molecular flexibility index (Phi) is 2.88. The highest BCUT2D eigenvalue weighted by atomic mass is 35.5. The first-order chi connectivity index (χ1) is 5.61. The van der Waals surface area contributed by atoms with Crippen LogP contribution < -0.4 is 0 Å². The standard InChI is InChI=1S/C6H5ClF2N2O/c7-4-2-10-3(1-11-4)5(12)6(8)9/h1-2,5-6,12H. The third-order valence-corrected chi connectivity index (χ3v) is 1.38. The molecule has 0 spiro atoms. The van der Waals surface area contributed by atoms with E-state index in [1.165, 1.54) is 0 Å². The summed E-state index contributed by atoms with van der Waals surface area (Å²) in [6.45, 7) is 0. The zero-order valence-electron chi connectivity index (χ0n) is 5.78. The quantitative estimate of drug-likeness (QED) is 0.775. The Morgan fingerprint density at radius 2 is 2.00 bits per heavy atom. The second-order valence-electron chi connectivity index (χ2n) is 2.04. The zero-order chi connectivity index (χ0) is 9.14. The molecule has 1 unspecified atom stereocenters. The van der Waals surface area contributed by atoms with Gasteiger partial charge in [-0.25, -0.2) is 13.8 Å². The lowest BCUT2D eigenvalue weighted by atomic mass is 10.3. The number of rotatable bonds is 2. The number of hydrogen-bond donors (Lipinski definition) is 1. The molecule has 12 heavy (non-hydrogen) atoms. The van der Waals surface area contributed by atoms with Crippen LogP contribution in [0.5, 0.6) is 0 Å². The highest BCUT2D eigenvalue weighted by molar-refractivity contribution is 6.29. The van der Waals surface area contributed by atoms with Crippen molar-refractivity contribution in [2.45, 2.75) is 12.5 Å². The van der Waals surface area contributed by atoms with E-state index >= 15 is 0 Å². The molecule has 1 N–H and O–H groups in total. The summed E-state index contributed by atoms with van der Waals surface area (Å²) in [5.41, 5.74) is -0.186. The van der Waals surface area contributed by atoms with Crippen molar-refractivity contribution >= 4 is 11.6 Å². The van der Waals surface area contributed by atoms with Gasteiger partial charge in [-0.05, 0) is 0 Å². The van der Waals surface area contributed by atoms with Crippen molar-refractivity contribution in [3.05, 3.63) is 23.2 Å². The molecule has 1 atom stereocenters. The third-order valence-electron chi connectivity index (χ3n) is 1.18. The van der Waals surface area contributed by atoms with Crippen LogP contribution in [0.1, 0.15) is 11.8 Å². The summed E-state index contributed by atoms with van der Waals surface area (Å²) in [5.74, 6) is 0. The molecule has 6 heteroatoms. The van der Waals surface area contributed by atoms with Crippen LogP contribution in [-0.2, 0) is 0 Å². The topological polar surface area (TPSA) is 46.0 Å². The summed E-state index contributed by atoms with van der Waals surface area (Å²) >= 11 is 5.35. The average Bonchev–Trinajstić information content (AvgIpc) is 2.04. The van der Waals surface area contributed by atoms with E-state index in [1.54, 1.807) is 0 Å². The highest BCUT2D eigenvalue weighted by Gasteiger charge is 2.20. The molecule has 66 valence electrons. The maximum absolute atomic E-state index is 11.9. The van der Waals surface area contributed by atoms with E-state index in [4.69, 9.17) is 16.7 Å². The number of alkyl halides is 2. The van der Waals surface area contributed by atoms with Gasteiger partial charge in [0.1, 0.15) is 5.15 Å². The Morgan fingerprint density at radius 3 is 2.42 bits per heavy atom. The molecule has 0 radical (unpaired) electrons. The van der Waals surface area contributed by atoms with Crippen LogP contribution in [0.3, 0.4) is 0 Å². The second kappa shape index (κ2) is 3.73. The minimum Gasteiger partial charge on any atom is -0.381 e. The summed E-state index contributed by atoms with van der Waals surface area (Å²) in [4.78, 5) is 6.97. The second-order valence-corrected chi connectivity index (χ2v) is 2.43. The summed E-state index contributed by atoms with van der Waals surface area (Å²) in [7, 11) is 0. The lowest BCUT2D eigenvalue weighted by Gasteiger charge is -2.06. The molecular formula is C6H5ClF2N2O. The molecular weight excluding hydrogens is 190 g/mol. The molecule has 0 saturated heterocycles. The molecule has 1 rings (SSSR count). The fraction of sp³-hybridized carbons (Fsp3) is 0.333. The van der Waals surface area contributed by atoms with Gasteiger partial charge in [-0.2, -0.15) is 0 Å². The molecule has 3 nitrogen and oxygen atoms in total. The van der Waals surface area contributed by atoms with E-state index in [9.17, 15) is 8.78 Å². The molecule has 0 saturated carbocycles. The van der Waals surface area contributed by atoms with Crippen LogP contribution >= 0.6 is 11.6 Å². The monoisotopic (exact) mass is 194 g/mol. The van der Waals surface area contributed by atoms with Crippen LogP contribution in [0.15, 0.2) is 12.4 Å². The van der Waals surface area contributed by atoms with Crippen molar-refractivity contribution in [1.82, 2.24) is 9.97 Å². The predicted octanol–water partition coefficient (Wildman–Crippen LogP) is 1.43. The van der Waals surface area contributed by atoms with E-state index < -0.39 is 12.5 Å². The van der Waals surface area contributed by atoms with Crippen LogP contribution in [-0.4, -0.2) is 21.5 Å². The average molecular weight is 195 g/mol. The molecule has 0 aliphatic carbocycles. The third kappa shape index (κ3) is 2.09. The number of hydrogen-bond acceptors (Lipinski definition) is 3. The minimum atomic E-state index is -2.86. The van der Waals surface area contributed by atoms with E-state index in [0.717, 1.165) is 12.4 Å². The summed E-state index contributed by atoms with van der Waals surface area (Å²) in [5, 5.41) is 8.89. The molecule has 0 fully saturated rings. The van der Waals surface area contributed by atoms with Crippen molar-refractivity contribution in [1.29, 1.82) is 0 Å². The first-order valence-corrected chi connectivity index (χ1v) is 3.42. The van der Waals surface area contributed by atoms with Gasteiger partial charge < -0.3 is 5.11 Å². The highest BCUT2D eigenvalue weighted by Crippen LogP contribution is 2.17. The molecule has 0 amide bonds. The predicted molar refractivity (Wildman–Crippen MR) is 38.0 cm³/mol. The maximum atomic E-state index is 11.9. The molecule has 0 aromatic carbocycles. The smallest absolute Gasteiger partial charge is 0.269 e. The van der Waals surface area contributed by atoms with Gasteiger partial charge in [-0.3, -0.25) is 4.98 Å². The fourth-order valence-corrected chi connectivity index (χ4v) is 0.702. The van der Waals surface area contributed by atoms with Crippen LogP contribution in [0.25, 0.3) is 0 Å². The molecule has 1 heterocycles. The van der Waals surface area contributed by atoms with Crippen molar-refractivity contribution < 1.29 is 13.9 Å². The van der Waals surface area contributed by atoms with Crippen molar-refractivity contribution in [2.24, 2.45) is 0 Å². The first-order valence-electron chi connectivity index (χ1n) is 3.05. The fourth-order valence-electron chi connectivity index (χ4n) is 0.604. The Hall–Kier alpha value is -0.810. The number of halogens is 3. The van der Waals surface area contributed by atoms with Gasteiger partial charge in [-0.1, -0.05) is 11.6 Å². The molecule has 0 aliphatic rings.